The maximum atomic E-state index is 11.3. The smallest absolute Gasteiger partial charge is 0.154 e. The fourth-order valence-electron chi connectivity index (χ4n) is 1.86. The van der Waals surface area contributed by atoms with Crippen LogP contribution in [0.3, 0.4) is 0 Å². The summed E-state index contributed by atoms with van der Waals surface area (Å²) in [5.74, 6) is -0.0572. The lowest BCUT2D eigenvalue weighted by Gasteiger charge is -2.14. The van der Waals surface area contributed by atoms with Gasteiger partial charge in [-0.2, -0.15) is 0 Å². The number of aromatic nitrogens is 2. The summed E-state index contributed by atoms with van der Waals surface area (Å²) in [6.45, 7) is 2.81. The molecule has 0 aliphatic heterocycles. The lowest BCUT2D eigenvalue weighted by atomic mass is 10.1. The molecule has 1 aromatic heterocycles. The van der Waals surface area contributed by atoms with E-state index in [1.807, 2.05) is 37.3 Å². The summed E-state index contributed by atoms with van der Waals surface area (Å²) < 4.78 is 22.6. The van der Waals surface area contributed by atoms with E-state index in [4.69, 9.17) is 0 Å². The van der Waals surface area contributed by atoms with E-state index >= 15 is 0 Å². The average molecular weight is 311 g/mol. The Morgan fingerprint density at radius 1 is 1.25 bits per heavy atom. The highest BCUT2D eigenvalue weighted by Crippen LogP contribution is 2.25. The number of hydrogen-bond acceptors (Lipinski definition) is 6. The Balaban J connectivity index is 2.27. The Morgan fingerprint density at radius 3 is 2.55 bits per heavy atom. The van der Waals surface area contributed by atoms with Gasteiger partial charge in [-0.15, -0.1) is 10.2 Å². The van der Waals surface area contributed by atoms with Gasteiger partial charge in [-0.1, -0.05) is 48.6 Å². The Hall–Kier alpha value is -1.31. The summed E-state index contributed by atoms with van der Waals surface area (Å²) in [4.78, 5) is 0. The second-order valence-electron chi connectivity index (χ2n) is 4.51. The molecule has 5 nitrogen and oxygen atoms in total. The molecule has 1 heterocycles. The number of hydrogen-bond donors (Lipinski definition) is 1. The van der Waals surface area contributed by atoms with Gasteiger partial charge >= 0.3 is 0 Å². The maximum Gasteiger partial charge on any atom is 0.154 e. The van der Waals surface area contributed by atoms with Crippen molar-refractivity contribution < 1.29 is 8.42 Å². The van der Waals surface area contributed by atoms with Crippen LogP contribution < -0.4 is 5.32 Å². The van der Waals surface area contributed by atoms with Crippen LogP contribution in [0.5, 0.6) is 0 Å². The zero-order valence-electron chi connectivity index (χ0n) is 11.4. The van der Waals surface area contributed by atoms with Gasteiger partial charge in [-0.3, -0.25) is 0 Å². The van der Waals surface area contributed by atoms with E-state index in [1.165, 1.54) is 17.6 Å². The Kier molecular flexibility index (Phi) is 4.85. The van der Waals surface area contributed by atoms with Crippen LogP contribution in [0, 0.1) is 0 Å². The maximum absolute atomic E-state index is 11.3. The van der Waals surface area contributed by atoms with Crippen LogP contribution in [0.4, 0.5) is 0 Å². The minimum Gasteiger partial charge on any atom is -0.304 e. The second-order valence-corrected chi connectivity index (χ2v) is 7.74. The van der Waals surface area contributed by atoms with Crippen LogP contribution in [0.25, 0.3) is 0 Å². The first-order valence-corrected chi connectivity index (χ1v) is 9.15. The molecule has 0 saturated heterocycles. The number of sulfone groups is 1. The predicted octanol–water partition coefficient (Wildman–Crippen LogP) is 1.78. The fraction of sp³-hybridized carbons (Fsp3) is 0.385. The van der Waals surface area contributed by atoms with Crippen molar-refractivity contribution >= 4 is 21.2 Å². The lowest BCUT2D eigenvalue weighted by molar-refractivity contribution is 0.600. The molecule has 0 radical (unpaired) electrons. The molecule has 2 rings (SSSR count). The van der Waals surface area contributed by atoms with Gasteiger partial charge in [0.1, 0.15) is 15.8 Å². The molecule has 0 saturated carbocycles. The third-order valence-electron chi connectivity index (χ3n) is 2.66. The van der Waals surface area contributed by atoms with Crippen molar-refractivity contribution in [2.24, 2.45) is 0 Å². The summed E-state index contributed by atoms with van der Waals surface area (Å²) in [6, 6.07) is 9.89. The van der Waals surface area contributed by atoms with Gasteiger partial charge in [-0.05, 0) is 12.1 Å². The zero-order chi connectivity index (χ0) is 14.6. The van der Waals surface area contributed by atoms with Gasteiger partial charge in [0, 0.05) is 6.26 Å². The van der Waals surface area contributed by atoms with Crippen molar-refractivity contribution in [3.63, 3.8) is 0 Å². The van der Waals surface area contributed by atoms with Crippen molar-refractivity contribution in [2.45, 2.75) is 18.7 Å². The molecule has 1 unspecified atom stereocenters. The highest BCUT2D eigenvalue weighted by atomic mass is 32.2. The van der Waals surface area contributed by atoms with Crippen LogP contribution in [-0.2, 0) is 15.6 Å². The average Bonchev–Trinajstić information content (AvgIpc) is 2.83. The zero-order valence-corrected chi connectivity index (χ0v) is 13.0. The normalized spacial score (nSPS) is 13.3. The van der Waals surface area contributed by atoms with Gasteiger partial charge in [0.15, 0.2) is 9.84 Å². The molecule has 108 valence electrons. The number of nitrogens with one attached hydrogen (secondary N) is 1. The highest BCUT2D eigenvalue weighted by molar-refractivity contribution is 7.90. The Morgan fingerprint density at radius 2 is 1.95 bits per heavy atom. The molecule has 0 aliphatic carbocycles. The van der Waals surface area contributed by atoms with Gasteiger partial charge in [0.25, 0.3) is 0 Å². The van der Waals surface area contributed by atoms with Crippen molar-refractivity contribution in [1.29, 1.82) is 0 Å². The van der Waals surface area contributed by atoms with Gasteiger partial charge in [0.05, 0.1) is 6.04 Å². The van der Waals surface area contributed by atoms with E-state index in [-0.39, 0.29) is 11.8 Å². The molecule has 7 heteroatoms. The summed E-state index contributed by atoms with van der Waals surface area (Å²) in [5.41, 5.74) is 1.09. The molecule has 2 aromatic rings. The summed E-state index contributed by atoms with van der Waals surface area (Å²) >= 11 is 1.34. The third kappa shape index (κ3) is 4.09. The van der Waals surface area contributed by atoms with Crippen molar-refractivity contribution in [3.8, 4) is 0 Å². The summed E-state index contributed by atoms with van der Waals surface area (Å²) in [6.07, 6.45) is 1.20. The lowest BCUT2D eigenvalue weighted by Crippen LogP contribution is -2.21. The van der Waals surface area contributed by atoms with E-state index in [0.29, 0.717) is 5.01 Å². The first-order valence-electron chi connectivity index (χ1n) is 6.28. The molecule has 0 bridgehead atoms. The fourth-order valence-corrected chi connectivity index (χ4v) is 3.99. The van der Waals surface area contributed by atoms with Crippen molar-refractivity contribution in [2.75, 3.05) is 12.8 Å². The van der Waals surface area contributed by atoms with Crippen molar-refractivity contribution in [1.82, 2.24) is 15.5 Å². The first-order chi connectivity index (χ1) is 9.49. The molecule has 1 aromatic carbocycles. The number of nitrogens with zero attached hydrogens (tertiary/aromatic N) is 2. The Labute approximate surface area is 123 Å². The standard InChI is InChI=1S/C13H17N3O2S2/c1-3-14-12(10-7-5-4-6-8-10)13-16-15-11(19-13)9-20(2,17)18/h4-8,12,14H,3,9H2,1-2H3. The van der Waals surface area contributed by atoms with Gasteiger partial charge in [0.2, 0.25) is 0 Å². The molecule has 20 heavy (non-hydrogen) atoms. The van der Waals surface area contributed by atoms with E-state index in [2.05, 4.69) is 15.5 Å². The molecule has 1 atom stereocenters. The number of benzene rings is 1. The molecule has 0 aliphatic rings. The van der Waals surface area contributed by atoms with Crippen LogP contribution in [-0.4, -0.2) is 31.4 Å². The van der Waals surface area contributed by atoms with E-state index in [9.17, 15) is 8.42 Å². The topological polar surface area (TPSA) is 72.0 Å². The third-order valence-corrected chi connectivity index (χ3v) is 4.62. The summed E-state index contributed by atoms with van der Waals surface area (Å²) in [7, 11) is -3.08. The van der Waals surface area contributed by atoms with Gasteiger partial charge in [-0.25, -0.2) is 8.42 Å². The van der Waals surface area contributed by atoms with Crippen LogP contribution >= 0.6 is 11.3 Å². The molecule has 1 N–H and O–H groups in total. The molecule has 0 spiro atoms. The minimum absolute atomic E-state index is 0.0491. The van der Waals surface area contributed by atoms with Crippen LogP contribution in [0.2, 0.25) is 0 Å². The highest BCUT2D eigenvalue weighted by Gasteiger charge is 2.19. The largest absolute Gasteiger partial charge is 0.304 e. The Bertz CT molecular complexity index is 653. The van der Waals surface area contributed by atoms with E-state index < -0.39 is 9.84 Å². The minimum atomic E-state index is -3.08. The number of rotatable bonds is 6. The second kappa shape index (κ2) is 6.43. The predicted molar refractivity (Wildman–Crippen MR) is 80.4 cm³/mol. The van der Waals surface area contributed by atoms with Crippen LogP contribution in [0.1, 0.15) is 28.5 Å². The first kappa shape index (κ1) is 15.1. The SMILES string of the molecule is CCNC(c1ccccc1)c1nnc(CS(C)(=O)=O)s1. The van der Waals surface area contributed by atoms with Gasteiger partial charge < -0.3 is 5.32 Å². The van der Waals surface area contributed by atoms with E-state index in [1.54, 1.807) is 0 Å². The molecule has 0 amide bonds. The van der Waals surface area contributed by atoms with E-state index in [0.717, 1.165) is 17.1 Å². The molecular formula is C13H17N3O2S2. The quantitative estimate of drug-likeness (QED) is 0.880. The molecule has 0 fully saturated rings. The monoisotopic (exact) mass is 311 g/mol. The molecular weight excluding hydrogens is 294 g/mol. The van der Waals surface area contributed by atoms with Crippen LogP contribution in [0.15, 0.2) is 30.3 Å². The summed E-state index contributed by atoms with van der Waals surface area (Å²) in [5, 5.41) is 12.8. The van der Waals surface area contributed by atoms with Crippen molar-refractivity contribution in [3.05, 3.63) is 45.9 Å².